The molecule has 0 fully saturated rings. The fraction of sp³-hybridized carbons (Fsp3) is 0.308. The van der Waals surface area contributed by atoms with Crippen LogP contribution in [0.15, 0.2) is 41.6 Å². The summed E-state index contributed by atoms with van der Waals surface area (Å²) in [7, 11) is -3.56. The molecular formula is C13H18N4O2S. The molecule has 1 heterocycles. The van der Waals surface area contributed by atoms with Crippen LogP contribution in [0.4, 0.5) is 0 Å². The first-order valence-electron chi connectivity index (χ1n) is 6.33. The summed E-state index contributed by atoms with van der Waals surface area (Å²) in [6, 6.07) is 6.31. The molecule has 4 N–H and O–H groups in total. The van der Waals surface area contributed by atoms with Gasteiger partial charge >= 0.3 is 0 Å². The van der Waals surface area contributed by atoms with Crippen LogP contribution in [-0.2, 0) is 16.4 Å². The molecule has 0 bridgehead atoms. The van der Waals surface area contributed by atoms with Gasteiger partial charge in [-0.3, -0.25) is 0 Å². The van der Waals surface area contributed by atoms with Gasteiger partial charge in [0, 0.05) is 12.4 Å². The Morgan fingerprint density at radius 2 is 2.05 bits per heavy atom. The van der Waals surface area contributed by atoms with E-state index in [-0.39, 0.29) is 4.90 Å². The lowest BCUT2D eigenvalue weighted by Crippen LogP contribution is -2.27. The molecule has 6 nitrogen and oxygen atoms in total. The molecule has 7 heteroatoms. The Labute approximate surface area is 118 Å². The molecule has 1 aromatic carbocycles. The van der Waals surface area contributed by atoms with E-state index in [2.05, 4.69) is 14.7 Å². The van der Waals surface area contributed by atoms with Gasteiger partial charge < -0.3 is 10.7 Å². The van der Waals surface area contributed by atoms with Crippen LogP contribution < -0.4 is 10.5 Å². The number of nitrogens with one attached hydrogen (secondary N) is 2. The van der Waals surface area contributed by atoms with E-state index in [1.54, 1.807) is 43.6 Å². The van der Waals surface area contributed by atoms with E-state index < -0.39 is 16.1 Å². The molecule has 0 radical (unpaired) electrons. The van der Waals surface area contributed by atoms with Gasteiger partial charge in [0.25, 0.3) is 0 Å². The van der Waals surface area contributed by atoms with Crippen molar-refractivity contribution >= 4 is 10.0 Å². The SMILES string of the molecule is CC(NS(=O)(=O)c1ccc(CCN)cc1)c1ncc[nH]1. The van der Waals surface area contributed by atoms with Crippen LogP contribution in [0.3, 0.4) is 0 Å². The zero-order chi connectivity index (χ0) is 14.6. The van der Waals surface area contributed by atoms with Gasteiger partial charge in [0.15, 0.2) is 0 Å². The highest BCUT2D eigenvalue weighted by molar-refractivity contribution is 7.89. The monoisotopic (exact) mass is 294 g/mol. The maximum absolute atomic E-state index is 12.2. The first-order chi connectivity index (χ1) is 9.53. The fourth-order valence-electron chi connectivity index (χ4n) is 1.87. The number of sulfonamides is 1. The van der Waals surface area contributed by atoms with Crippen molar-refractivity contribution in [2.45, 2.75) is 24.3 Å². The standard InChI is InChI=1S/C13H18N4O2S/c1-10(13-15-8-9-16-13)17-20(18,19)12-4-2-11(3-5-12)6-7-14/h2-5,8-10,17H,6-7,14H2,1H3,(H,15,16). The number of nitrogens with two attached hydrogens (primary N) is 1. The number of benzene rings is 1. The summed E-state index contributed by atoms with van der Waals surface area (Å²) in [5.41, 5.74) is 6.48. The fourth-order valence-corrected chi connectivity index (χ4v) is 3.08. The lowest BCUT2D eigenvalue weighted by atomic mass is 10.2. The average Bonchev–Trinajstić information content (AvgIpc) is 2.93. The number of H-pyrrole nitrogens is 1. The molecule has 20 heavy (non-hydrogen) atoms. The topological polar surface area (TPSA) is 101 Å². The van der Waals surface area contributed by atoms with Crippen molar-refractivity contribution in [1.29, 1.82) is 0 Å². The van der Waals surface area contributed by atoms with Crippen molar-refractivity contribution in [2.24, 2.45) is 5.73 Å². The molecular weight excluding hydrogens is 276 g/mol. The number of hydrogen-bond acceptors (Lipinski definition) is 4. The number of imidazole rings is 1. The Morgan fingerprint density at radius 1 is 1.35 bits per heavy atom. The van der Waals surface area contributed by atoms with Gasteiger partial charge in [-0.05, 0) is 37.6 Å². The second kappa shape index (κ2) is 6.17. The minimum Gasteiger partial charge on any atom is -0.347 e. The molecule has 0 aliphatic heterocycles. The van der Waals surface area contributed by atoms with Crippen molar-refractivity contribution in [3.05, 3.63) is 48.0 Å². The summed E-state index contributed by atoms with van der Waals surface area (Å²) in [5, 5.41) is 0. The average molecular weight is 294 g/mol. The third-order valence-electron chi connectivity index (χ3n) is 2.93. The zero-order valence-corrected chi connectivity index (χ0v) is 12.0. The molecule has 0 aliphatic rings. The van der Waals surface area contributed by atoms with Crippen LogP contribution in [0.25, 0.3) is 0 Å². The van der Waals surface area contributed by atoms with Crippen molar-refractivity contribution in [3.8, 4) is 0 Å². The normalized spacial score (nSPS) is 13.3. The van der Waals surface area contributed by atoms with Crippen molar-refractivity contribution in [2.75, 3.05) is 6.54 Å². The Bertz CT molecular complexity index is 636. The third-order valence-corrected chi connectivity index (χ3v) is 4.48. The minimum absolute atomic E-state index is 0.233. The summed E-state index contributed by atoms with van der Waals surface area (Å²) >= 11 is 0. The van der Waals surface area contributed by atoms with E-state index in [9.17, 15) is 8.42 Å². The van der Waals surface area contributed by atoms with Crippen molar-refractivity contribution in [3.63, 3.8) is 0 Å². The largest absolute Gasteiger partial charge is 0.347 e. The van der Waals surface area contributed by atoms with Gasteiger partial charge in [-0.2, -0.15) is 0 Å². The van der Waals surface area contributed by atoms with Gasteiger partial charge in [-0.25, -0.2) is 18.1 Å². The highest BCUT2D eigenvalue weighted by Gasteiger charge is 2.19. The predicted octanol–water partition coefficient (Wildman–Crippen LogP) is 0.950. The Morgan fingerprint density at radius 3 is 2.60 bits per heavy atom. The summed E-state index contributed by atoms with van der Waals surface area (Å²) < 4.78 is 27.0. The zero-order valence-electron chi connectivity index (χ0n) is 11.2. The summed E-state index contributed by atoms with van der Waals surface area (Å²) in [6.07, 6.45) is 3.97. The summed E-state index contributed by atoms with van der Waals surface area (Å²) in [5.74, 6) is 0.577. The number of hydrogen-bond donors (Lipinski definition) is 3. The Hall–Kier alpha value is -1.70. The van der Waals surface area contributed by atoms with Crippen molar-refractivity contribution < 1.29 is 8.42 Å². The molecule has 1 aromatic heterocycles. The lowest BCUT2D eigenvalue weighted by molar-refractivity contribution is 0.561. The molecule has 1 atom stereocenters. The van der Waals surface area contributed by atoms with Crippen LogP contribution in [0.2, 0.25) is 0 Å². The molecule has 0 saturated carbocycles. The van der Waals surface area contributed by atoms with E-state index in [1.807, 2.05) is 0 Å². The van der Waals surface area contributed by atoms with E-state index in [4.69, 9.17) is 5.73 Å². The van der Waals surface area contributed by atoms with Gasteiger partial charge in [0.2, 0.25) is 10.0 Å². The molecule has 2 aromatic rings. The van der Waals surface area contributed by atoms with Crippen molar-refractivity contribution in [1.82, 2.24) is 14.7 Å². The smallest absolute Gasteiger partial charge is 0.241 e. The third kappa shape index (κ3) is 3.44. The maximum atomic E-state index is 12.2. The van der Waals surface area contributed by atoms with E-state index in [0.29, 0.717) is 12.4 Å². The molecule has 1 unspecified atom stereocenters. The highest BCUT2D eigenvalue weighted by Crippen LogP contribution is 2.15. The lowest BCUT2D eigenvalue weighted by Gasteiger charge is -2.12. The summed E-state index contributed by atoms with van der Waals surface area (Å²) in [6.45, 7) is 2.28. The Balaban J connectivity index is 2.13. The van der Waals surface area contributed by atoms with Crippen LogP contribution in [0.1, 0.15) is 24.4 Å². The van der Waals surface area contributed by atoms with Gasteiger partial charge in [0.05, 0.1) is 10.9 Å². The van der Waals surface area contributed by atoms with Crippen LogP contribution in [-0.4, -0.2) is 24.9 Å². The van der Waals surface area contributed by atoms with Crippen LogP contribution >= 0.6 is 0 Å². The van der Waals surface area contributed by atoms with Gasteiger partial charge in [0.1, 0.15) is 5.82 Å². The van der Waals surface area contributed by atoms with Gasteiger partial charge in [-0.1, -0.05) is 12.1 Å². The molecule has 108 valence electrons. The van der Waals surface area contributed by atoms with E-state index in [1.165, 1.54) is 0 Å². The van der Waals surface area contributed by atoms with E-state index >= 15 is 0 Å². The van der Waals surface area contributed by atoms with E-state index in [0.717, 1.165) is 12.0 Å². The first-order valence-corrected chi connectivity index (χ1v) is 7.82. The first kappa shape index (κ1) is 14.7. The Kier molecular flexibility index (Phi) is 4.53. The number of aromatic nitrogens is 2. The quantitative estimate of drug-likeness (QED) is 0.738. The van der Waals surface area contributed by atoms with Crippen LogP contribution in [0, 0.1) is 0 Å². The highest BCUT2D eigenvalue weighted by atomic mass is 32.2. The second-order valence-electron chi connectivity index (χ2n) is 4.50. The summed E-state index contributed by atoms with van der Waals surface area (Å²) in [4.78, 5) is 7.15. The van der Waals surface area contributed by atoms with Crippen LogP contribution in [0.5, 0.6) is 0 Å². The number of rotatable bonds is 6. The predicted molar refractivity (Wildman–Crippen MR) is 76.5 cm³/mol. The molecule has 0 saturated heterocycles. The second-order valence-corrected chi connectivity index (χ2v) is 6.21. The number of aromatic amines is 1. The molecule has 0 spiro atoms. The molecule has 0 aliphatic carbocycles. The minimum atomic E-state index is -3.56. The van der Waals surface area contributed by atoms with Gasteiger partial charge in [-0.15, -0.1) is 0 Å². The maximum Gasteiger partial charge on any atom is 0.241 e. The number of nitrogens with zero attached hydrogens (tertiary/aromatic N) is 1. The molecule has 2 rings (SSSR count). The molecule has 0 amide bonds.